The van der Waals surface area contributed by atoms with Crippen molar-refractivity contribution >= 4 is 0 Å². The number of aromatic nitrogens is 4. The molecule has 2 aromatic rings. The third-order valence-electron chi connectivity index (χ3n) is 2.82. The maximum Gasteiger partial charge on any atom is 0.0947 e. The van der Waals surface area contributed by atoms with Gasteiger partial charge in [-0.3, -0.25) is 4.68 Å². The van der Waals surface area contributed by atoms with E-state index in [1.54, 1.807) is 6.33 Å². The lowest BCUT2D eigenvalue weighted by Crippen LogP contribution is -2.16. The highest BCUT2D eigenvalue weighted by Crippen LogP contribution is 2.15. The fourth-order valence-electron chi connectivity index (χ4n) is 1.99. The molecule has 0 amide bonds. The Balaban J connectivity index is 2.14. The van der Waals surface area contributed by atoms with Crippen LogP contribution in [-0.4, -0.2) is 19.3 Å². The summed E-state index contributed by atoms with van der Waals surface area (Å²) in [6, 6.07) is 2.02. The van der Waals surface area contributed by atoms with Crippen LogP contribution in [0.3, 0.4) is 0 Å². The van der Waals surface area contributed by atoms with Crippen LogP contribution in [0.2, 0.25) is 0 Å². The van der Waals surface area contributed by atoms with E-state index in [4.69, 9.17) is 5.73 Å². The average Bonchev–Trinajstić information content (AvgIpc) is 2.85. The molecule has 0 spiro atoms. The normalized spacial score (nSPS) is 12.9. The van der Waals surface area contributed by atoms with Gasteiger partial charge in [0.1, 0.15) is 0 Å². The van der Waals surface area contributed by atoms with Crippen LogP contribution >= 0.6 is 0 Å². The minimum absolute atomic E-state index is 0.0717. The third-order valence-corrected chi connectivity index (χ3v) is 2.82. The second-order valence-electron chi connectivity index (χ2n) is 4.37. The molecule has 2 N–H and O–H groups in total. The minimum Gasteiger partial charge on any atom is -0.340 e. The van der Waals surface area contributed by atoms with Gasteiger partial charge in [-0.15, -0.1) is 0 Å². The Morgan fingerprint density at radius 3 is 2.82 bits per heavy atom. The first-order chi connectivity index (χ1) is 8.10. The van der Waals surface area contributed by atoms with Crippen LogP contribution in [0.4, 0.5) is 0 Å². The molecule has 0 aromatic carbocycles. The Labute approximate surface area is 101 Å². The number of hydrogen-bond acceptors (Lipinski definition) is 3. The van der Waals surface area contributed by atoms with Crippen LogP contribution in [-0.2, 0) is 20.0 Å². The topological polar surface area (TPSA) is 61.7 Å². The highest BCUT2D eigenvalue weighted by Gasteiger charge is 2.13. The van der Waals surface area contributed by atoms with Crippen molar-refractivity contribution in [3.05, 3.63) is 35.7 Å². The Bertz CT molecular complexity index is 497. The molecule has 92 valence electrons. The van der Waals surface area contributed by atoms with Gasteiger partial charge >= 0.3 is 0 Å². The van der Waals surface area contributed by atoms with Crippen LogP contribution < -0.4 is 5.73 Å². The molecule has 2 heterocycles. The first-order valence-electron chi connectivity index (χ1n) is 5.87. The molecule has 0 radical (unpaired) electrons. The highest BCUT2D eigenvalue weighted by atomic mass is 15.3. The van der Waals surface area contributed by atoms with Gasteiger partial charge in [-0.2, -0.15) is 5.10 Å². The summed E-state index contributed by atoms with van der Waals surface area (Å²) in [5.41, 5.74) is 9.29. The molecule has 0 aliphatic rings. The van der Waals surface area contributed by atoms with Crippen molar-refractivity contribution in [1.29, 1.82) is 0 Å². The van der Waals surface area contributed by atoms with E-state index in [0.29, 0.717) is 0 Å². The molecule has 2 aromatic heterocycles. The van der Waals surface area contributed by atoms with E-state index in [2.05, 4.69) is 23.1 Å². The monoisotopic (exact) mass is 233 g/mol. The van der Waals surface area contributed by atoms with Crippen LogP contribution in [0.5, 0.6) is 0 Å². The second kappa shape index (κ2) is 4.71. The molecule has 17 heavy (non-hydrogen) atoms. The molecule has 5 nitrogen and oxygen atoms in total. The summed E-state index contributed by atoms with van der Waals surface area (Å²) in [6.07, 6.45) is 4.51. The van der Waals surface area contributed by atoms with Crippen LogP contribution in [0.15, 0.2) is 18.6 Å². The predicted molar refractivity (Wildman–Crippen MR) is 66.5 cm³/mol. The summed E-state index contributed by atoms with van der Waals surface area (Å²) in [6.45, 7) is 4.96. The van der Waals surface area contributed by atoms with E-state index in [9.17, 15) is 0 Å². The SMILES string of the molecule is CCn1nc(C)cc1CC(N)c1cn(C)cn1. The maximum atomic E-state index is 6.16. The molecular formula is C12H19N5. The predicted octanol–water partition coefficient (Wildman–Crippen LogP) is 1.19. The van der Waals surface area contributed by atoms with Crippen molar-refractivity contribution in [2.45, 2.75) is 32.9 Å². The summed E-state index contributed by atoms with van der Waals surface area (Å²) in [5, 5.41) is 4.42. The molecule has 0 saturated heterocycles. The number of aryl methyl sites for hydroxylation is 3. The first kappa shape index (κ1) is 11.9. The number of hydrogen-bond donors (Lipinski definition) is 1. The zero-order valence-electron chi connectivity index (χ0n) is 10.6. The summed E-state index contributed by atoms with van der Waals surface area (Å²) in [4.78, 5) is 4.28. The van der Waals surface area contributed by atoms with Crippen molar-refractivity contribution in [3.8, 4) is 0 Å². The Kier molecular flexibility index (Phi) is 3.28. The molecule has 0 aliphatic carbocycles. The first-order valence-corrected chi connectivity index (χ1v) is 5.87. The van der Waals surface area contributed by atoms with Crippen molar-refractivity contribution in [2.75, 3.05) is 0 Å². The lowest BCUT2D eigenvalue weighted by molar-refractivity contribution is 0.583. The van der Waals surface area contributed by atoms with Gasteiger partial charge in [-0.05, 0) is 19.9 Å². The highest BCUT2D eigenvalue weighted by molar-refractivity contribution is 5.14. The molecule has 0 saturated carbocycles. The number of rotatable bonds is 4. The molecule has 0 aliphatic heterocycles. The van der Waals surface area contributed by atoms with E-state index in [0.717, 1.165) is 24.4 Å². The fraction of sp³-hybridized carbons (Fsp3) is 0.500. The second-order valence-corrected chi connectivity index (χ2v) is 4.37. The number of nitrogens with zero attached hydrogens (tertiary/aromatic N) is 4. The molecule has 2 rings (SSSR count). The van der Waals surface area contributed by atoms with Gasteiger partial charge < -0.3 is 10.3 Å². The van der Waals surface area contributed by atoms with Crippen molar-refractivity contribution in [3.63, 3.8) is 0 Å². The Morgan fingerprint density at radius 2 is 2.24 bits per heavy atom. The van der Waals surface area contributed by atoms with Crippen LogP contribution in [0.25, 0.3) is 0 Å². The Hall–Kier alpha value is -1.62. The van der Waals surface area contributed by atoms with Gasteiger partial charge in [-0.1, -0.05) is 0 Å². The van der Waals surface area contributed by atoms with E-state index in [1.807, 2.05) is 29.4 Å². The molecule has 1 unspecified atom stereocenters. The number of imidazole rings is 1. The van der Waals surface area contributed by atoms with E-state index < -0.39 is 0 Å². The fourth-order valence-corrected chi connectivity index (χ4v) is 1.99. The molecular weight excluding hydrogens is 214 g/mol. The molecule has 0 bridgehead atoms. The van der Waals surface area contributed by atoms with Crippen LogP contribution in [0.1, 0.15) is 30.0 Å². The third kappa shape index (κ3) is 2.55. The summed E-state index contributed by atoms with van der Waals surface area (Å²) < 4.78 is 3.91. The molecule has 0 fully saturated rings. The van der Waals surface area contributed by atoms with Gasteiger partial charge in [-0.25, -0.2) is 4.98 Å². The van der Waals surface area contributed by atoms with Crippen LogP contribution in [0, 0.1) is 6.92 Å². The summed E-state index contributed by atoms with van der Waals surface area (Å²) >= 11 is 0. The quantitative estimate of drug-likeness (QED) is 0.862. The van der Waals surface area contributed by atoms with Gasteiger partial charge in [0.2, 0.25) is 0 Å². The zero-order chi connectivity index (χ0) is 12.4. The summed E-state index contributed by atoms with van der Waals surface area (Å²) in [5.74, 6) is 0. The smallest absolute Gasteiger partial charge is 0.0947 e. The lowest BCUT2D eigenvalue weighted by Gasteiger charge is -2.09. The Morgan fingerprint density at radius 1 is 1.47 bits per heavy atom. The maximum absolute atomic E-state index is 6.16. The van der Waals surface area contributed by atoms with E-state index >= 15 is 0 Å². The van der Waals surface area contributed by atoms with Gasteiger partial charge in [0.25, 0.3) is 0 Å². The van der Waals surface area contributed by atoms with Crippen molar-refractivity contribution in [2.24, 2.45) is 12.8 Å². The van der Waals surface area contributed by atoms with Crippen molar-refractivity contribution < 1.29 is 0 Å². The van der Waals surface area contributed by atoms with Gasteiger partial charge in [0.05, 0.1) is 23.8 Å². The lowest BCUT2D eigenvalue weighted by atomic mass is 10.1. The van der Waals surface area contributed by atoms with E-state index in [-0.39, 0.29) is 6.04 Å². The average molecular weight is 233 g/mol. The standard InChI is InChI=1S/C12H19N5/c1-4-17-10(5-9(2)15-17)6-11(13)12-7-16(3)8-14-12/h5,7-8,11H,4,6,13H2,1-3H3. The zero-order valence-corrected chi connectivity index (χ0v) is 10.6. The van der Waals surface area contributed by atoms with Gasteiger partial charge in [0, 0.05) is 31.9 Å². The van der Waals surface area contributed by atoms with E-state index in [1.165, 1.54) is 5.69 Å². The largest absolute Gasteiger partial charge is 0.340 e. The minimum atomic E-state index is -0.0717. The van der Waals surface area contributed by atoms with Gasteiger partial charge in [0.15, 0.2) is 0 Å². The van der Waals surface area contributed by atoms with Crippen molar-refractivity contribution in [1.82, 2.24) is 19.3 Å². The molecule has 1 atom stereocenters. The number of nitrogens with two attached hydrogens (primary N) is 1. The molecule has 5 heteroatoms. The summed E-state index contributed by atoms with van der Waals surface area (Å²) in [7, 11) is 1.95.